The van der Waals surface area contributed by atoms with Crippen LogP contribution in [0.4, 0.5) is 11.4 Å². The average molecular weight is 517 g/mol. The van der Waals surface area contributed by atoms with Gasteiger partial charge in [-0.2, -0.15) is 0 Å². The Morgan fingerprint density at radius 2 is 1.26 bits per heavy atom. The molecule has 194 valence electrons. The van der Waals surface area contributed by atoms with Crippen molar-refractivity contribution in [1.82, 2.24) is 20.4 Å². The van der Waals surface area contributed by atoms with Crippen LogP contribution < -0.4 is 21.5 Å². The van der Waals surface area contributed by atoms with Crippen LogP contribution >= 0.6 is 0 Å². The first-order valence-corrected chi connectivity index (χ1v) is 12.4. The lowest BCUT2D eigenvalue weighted by Crippen LogP contribution is -2.52. The minimum absolute atomic E-state index is 0.173. The Balaban J connectivity index is 1.20. The topological polar surface area (TPSA) is 157 Å². The number of hydrogen-bond acceptors (Lipinski definition) is 8. The summed E-state index contributed by atoms with van der Waals surface area (Å²) >= 11 is 0. The van der Waals surface area contributed by atoms with Crippen LogP contribution in [0.2, 0.25) is 0 Å². The van der Waals surface area contributed by atoms with Crippen LogP contribution in [0.15, 0.2) is 36.4 Å². The third-order valence-electron chi connectivity index (χ3n) is 7.47. The third kappa shape index (κ3) is 3.85. The molecule has 6 amide bonds. The molecule has 4 aliphatic heterocycles. The van der Waals surface area contributed by atoms with Crippen molar-refractivity contribution in [3.05, 3.63) is 58.7 Å². The van der Waals surface area contributed by atoms with Gasteiger partial charge in [0.05, 0.1) is 16.9 Å². The monoisotopic (exact) mass is 516 g/mol. The lowest BCUT2D eigenvalue weighted by Gasteiger charge is -2.29. The number of anilines is 2. The molecule has 4 N–H and O–H groups in total. The number of carbonyl (C=O) groups excluding carboxylic acids is 6. The molecule has 12 nitrogen and oxygen atoms in total. The van der Waals surface area contributed by atoms with Gasteiger partial charge >= 0.3 is 0 Å². The van der Waals surface area contributed by atoms with Crippen molar-refractivity contribution in [2.45, 2.75) is 50.9 Å². The highest BCUT2D eigenvalue weighted by Gasteiger charge is 2.41. The molecule has 2 fully saturated rings. The first-order valence-electron chi connectivity index (χ1n) is 12.4. The second-order valence-corrected chi connectivity index (χ2v) is 9.72. The number of hydrazine groups is 1. The number of amides is 6. The van der Waals surface area contributed by atoms with E-state index in [2.05, 4.69) is 21.5 Å². The molecule has 0 aromatic heterocycles. The number of nitrogens with zero attached hydrogens (tertiary/aromatic N) is 2. The van der Waals surface area contributed by atoms with Crippen LogP contribution in [0.1, 0.15) is 57.5 Å². The van der Waals surface area contributed by atoms with Gasteiger partial charge in [0.2, 0.25) is 23.6 Å². The van der Waals surface area contributed by atoms with Crippen molar-refractivity contribution >= 4 is 46.8 Å². The van der Waals surface area contributed by atoms with Crippen molar-refractivity contribution in [3.63, 3.8) is 0 Å². The van der Waals surface area contributed by atoms with E-state index >= 15 is 0 Å². The Labute approximate surface area is 216 Å². The molecule has 4 aliphatic rings. The smallest absolute Gasteiger partial charge is 0.257 e. The molecule has 2 aromatic carbocycles. The minimum atomic E-state index is -0.721. The van der Waals surface area contributed by atoms with Crippen molar-refractivity contribution in [3.8, 4) is 0 Å². The second kappa shape index (κ2) is 8.98. The van der Waals surface area contributed by atoms with E-state index in [1.165, 1.54) is 9.80 Å². The molecule has 6 rings (SSSR count). The van der Waals surface area contributed by atoms with Crippen LogP contribution in [-0.4, -0.2) is 57.3 Å². The summed E-state index contributed by atoms with van der Waals surface area (Å²) in [4.78, 5) is 77.2. The summed E-state index contributed by atoms with van der Waals surface area (Å²) in [5.74, 6) is -2.23. The zero-order valence-electron chi connectivity index (χ0n) is 20.2. The molecule has 2 unspecified atom stereocenters. The highest BCUT2D eigenvalue weighted by Crippen LogP contribution is 2.35. The van der Waals surface area contributed by atoms with Gasteiger partial charge in [0.1, 0.15) is 12.1 Å². The lowest BCUT2D eigenvalue weighted by atomic mass is 10.0. The number of nitrogens with one attached hydrogen (secondary N) is 4. The van der Waals surface area contributed by atoms with E-state index in [1.807, 2.05) is 6.07 Å². The van der Waals surface area contributed by atoms with Gasteiger partial charge in [-0.1, -0.05) is 18.2 Å². The molecule has 0 saturated carbocycles. The Bertz CT molecular complexity index is 1440. The molecule has 0 aliphatic carbocycles. The highest BCUT2D eigenvalue weighted by atomic mass is 16.2. The van der Waals surface area contributed by atoms with E-state index in [1.54, 1.807) is 30.3 Å². The minimum Gasteiger partial charge on any atom is -0.322 e. The molecule has 4 heterocycles. The van der Waals surface area contributed by atoms with Gasteiger partial charge in [0.25, 0.3) is 11.8 Å². The number of carbonyl (C=O) groups is 6. The summed E-state index contributed by atoms with van der Waals surface area (Å²) in [5.41, 5.74) is 9.63. The molecule has 2 aromatic rings. The molecule has 0 bridgehead atoms. The zero-order valence-corrected chi connectivity index (χ0v) is 20.2. The Kier molecular flexibility index (Phi) is 5.59. The molecular formula is C26H24N6O6. The number of imide groups is 2. The first-order chi connectivity index (χ1) is 18.3. The summed E-state index contributed by atoms with van der Waals surface area (Å²) < 4.78 is 0. The summed E-state index contributed by atoms with van der Waals surface area (Å²) in [6.07, 6.45) is 0.898. The number of benzene rings is 2. The summed E-state index contributed by atoms with van der Waals surface area (Å²) in [5, 5.41) is 4.60. The van der Waals surface area contributed by atoms with Crippen LogP contribution in [0.3, 0.4) is 0 Å². The van der Waals surface area contributed by atoms with Gasteiger partial charge in [-0.3, -0.25) is 39.4 Å². The first kappa shape index (κ1) is 23.6. The van der Waals surface area contributed by atoms with E-state index in [9.17, 15) is 28.8 Å². The normalized spacial score (nSPS) is 22.7. The predicted octanol–water partition coefficient (Wildman–Crippen LogP) is 0.648. The maximum absolute atomic E-state index is 13.3. The van der Waals surface area contributed by atoms with Gasteiger partial charge in [0, 0.05) is 37.1 Å². The van der Waals surface area contributed by atoms with Crippen LogP contribution in [0.5, 0.6) is 0 Å². The fourth-order valence-electron chi connectivity index (χ4n) is 5.56. The van der Waals surface area contributed by atoms with Gasteiger partial charge in [-0.15, -0.1) is 0 Å². The number of piperidine rings is 2. The largest absolute Gasteiger partial charge is 0.322 e. The van der Waals surface area contributed by atoms with Crippen molar-refractivity contribution in [2.24, 2.45) is 0 Å². The highest BCUT2D eigenvalue weighted by molar-refractivity contribution is 6.08. The fraction of sp³-hybridized carbons (Fsp3) is 0.308. The molecular weight excluding hydrogens is 492 g/mol. The molecule has 2 atom stereocenters. The van der Waals surface area contributed by atoms with Crippen LogP contribution in [0.25, 0.3) is 0 Å². The Morgan fingerprint density at radius 1 is 0.684 bits per heavy atom. The molecule has 0 radical (unpaired) electrons. The van der Waals surface area contributed by atoms with E-state index in [0.29, 0.717) is 28.1 Å². The van der Waals surface area contributed by atoms with Gasteiger partial charge in [-0.25, -0.2) is 0 Å². The lowest BCUT2D eigenvalue weighted by molar-refractivity contribution is -0.138. The molecule has 38 heavy (non-hydrogen) atoms. The standard InChI is InChI=1S/C26H24N6O6/c33-20-9-7-18(23(35)27-20)31-11-13-3-1-6-17(22(13)26(31)38)30-29-16-5-2-4-14-15(16)12-32(25(14)37)19-8-10-21(34)28-24(19)36/h1-6,18-19,29-30H,7-12H2,(H,27,33,35)(H,28,34,36). The fourth-order valence-corrected chi connectivity index (χ4v) is 5.56. The van der Waals surface area contributed by atoms with Gasteiger partial charge in [-0.05, 0) is 36.6 Å². The predicted molar refractivity (Wildman–Crippen MR) is 132 cm³/mol. The summed E-state index contributed by atoms with van der Waals surface area (Å²) in [6.45, 7) is 0.451. The third-order valence-corrected chi connectivity index (χ3v) is 7.47. The SMILES string of the molecule is O=C1CCC(N2Cc3c(NNc4cccc5c4C(=O)N(C4CCC(=O)NC4=O)C5)cccc3C2=O)C(=O)N1. The van der Waals surface area contributed by atoms with E-state index < -0.39 is 23.9 Å². The number of hydrogen-bond donors (Lipinski definition) is 4. The van der Waals surface area contributed by atoms with E-state index in [-0.39, 0.29) is 62.4 Å². The van der Waals surface area contributed by atoms with Crippen molar-refractivity contribution in [1.29, 1.82) is 0 Å². The Hall–Kier alpha value is -4.74. The van der Waals surface area contributed by atoms with Crippen molar-refractivity contribution < 1.29 is 28.8 Å². The molecule has 0 spiro atoms. The summed E-state index contributed by atoms with van der Waals surface area (Å²) in [6, 6.07) is 9.12. The van der Waals surface area contributed by atoms with E-state index in [0.717, 1.165) is 5.56 Å². The van der Waals surface area contributed by atoms with Crippen molar-refractivity contribution in [2.75, 3.05) is 10.9 Å². The maximum atomic E-state index is 13.3. The second-order valence-electron chi connectivity index (χ2n) is 9.72. The zero-order chi connectivity index (χ0) is 26.6. The quantitative estimate of drug-likeness (QED) is 0.333. The molecule has 12 heteroatoms. The van der Waals surface area contributed by atoms with Crippen LogP contribution in [-0.2, 0) is 32.3 Å². The van der Waals surface area contributed by atoms with Gasteiger partial charge < -0.3 is 20.7 Å². The number of fused-ring (bicyclic) bond motifs is 2. The molecule has 2 saturated heterocycles. The van der Waals surface area contributed by atoms with Gasteiger partial charge in [0.15, 0.2) is 0 Å². The number of rotatable bonds is 5. The van der Waals surface area contributed by atoms with Crippen LogP contribution in [0, 0.1) is 0 Å². The average Bonchev–Trinajstić information content (AvgIpc) is 3.40. The Morgan fingerprint density at radius 3 is 1.92 bits per heavy atom. The van der Waals surface area contributed by atoms with E-state index in [4.69, 9.17) is 0 Å². The summed E-state index contributed by atoms with van der Waals surface area (Å²) in [7, 11) is 0. The maximum Gasteiger partial charge on any atom is 0.257 e.